The highest BCUT2D eigenvalue weighted by Crippen LogP contribution is 2.27. The highest BCUT2D eigenvalue weighted by Gasteiger charge is 2.11. The molecule has 0 amide bonds. The minimum atomic E-state index is -0.106. The lowest BCUT2D eigenvalue weighted by atomic mass is 10.3. The SMILES string of the molecule is CC(C#N)Sc1nc2cc(Cl)ccc2n1C. The van der Waals surface area contributed by atoms with E-state index in [2.05, 4.69) is 11.1 Å². The molecule has 16 heavy (non-hydrogen) atoms. The van der Waals surface area contributed by atoms with Crippen molar-refractivity contribution >= 4 is 34.4 Å². The number of nitrogens with zero attached hydrogens (tertiary/aromatic N) is 3. The van der Waals surface area contributed by atoms with Gasteiger partial charge < -0.3 is 4.57 Å². The number of halogens is 1. The average molecular weight is 252 g/mol. The van der Waals surface area contributed by atoms with Gasteiger partial charge in [-0.1, -0.05) is 23.4 Å². The Morgan fingerprint density at radius 2 is 2.31 bits per heavy atom. The molecule has 0 aliphatic rings. The number of benzene rings is 1. The van der Waals surface area contributed by atoms with E-state index in [1.807, 2.05) is 36.7 Å². The van der Waals surface area contributed by atoms with Crippen LogP contribution in [0.5, 0.6) is 0 Å². The zero-order valence-corrected chi connectivity index (χ0v) is 10.5. The van der Waals surface area contributed by atoms with Gasteiger partial charge in [0.25, 0.3) is 0 Å². The lowest BCUT2D eigenvalue weighted by Gasteiger charge is -2.02. The van der Waals surface area contributed by atoms with Crippen LogP contribution in [0.3, 0.4) is 0 Å². The maximum atomic E-state index is 8.78. The first kappa shape index (κ1) is 11.3. The van der Waals surface area contributed by atoms with Crippen molar-refractivity contribution in [2.24, 2.45) is 7.05 Å². The molecule has 0 bridgehead atoms. The standard InChI is InChI=1S/C11H10ClN3S/c1-7(6-13)16-11-14-9-5-8(12)3-4-10(9)15(11)2/h3-5,7H,1-2H3. The van der Waals surface area contributed by atoms with Crippen LogP contribution in [0.25, 0.3) is 11.0 Å². The number of nitriles is 1. The van der Waals surface area contributed by atoms with E-state index in [0.717, 1.165) is 16.2 Å². The summed E-state index contributed by atoms with van der Waals surface area (Å²) in [6.07, 6.45) is 0. The number of fused-ring (bicyclic) bond motifs is 1. The smallest absolute Gasteiger partial charge is 0.170 e. The molecule has 0 radical (unpaired) electrons. The van der Waals surface area contributed by atoms with Gasteiger partial charge >= 0.3 is 0 Å². The van der Waals surface area contributed by atoms with Gasteiger partial charge in [-0.2, -0.15) is 5.26 Å². The number of aryl methyl sites for hydroxylation is 1. The number of hydrogen-bond acceptors (Lipinski definition) is 3. The van der Waals surface area contributed by atoms with Crippen LogP contribution in [0.1, 0.15) is 6.92 Å². The van der Waals surface area contributed by atoms with Crippen molar-refractivity contribution in [3.05, 3.63) is 23.2 Å². The van der Waals surface area contributed by atoms with Gasteiger partial charge in [-0.15, -0.1) is 0 Å². The number of aromatic nitrogens is 2. The summed E-state index contributed by atoms with van der Waals surface area (Å²) in [6.45, 7) is 1.86. The molecule has 1 aromatic carbocycles. The van der Waals surface area contributed by atoms with Crippen molar-refractivity contribution in [1.29, 1.82) is 5.26 Å². The van der Waals surface area contributed by atoms with Gasteiger partial charge in [0.2, 0.25) is 0 Å². The molecule has 1 unspecified atom stereocenters. The quantitative estimate of drug-likeness (QED) is 0.770. The molecule has 1 aromatic heterocycles. The maximum absolute atomic E-state index is 8.78. The third kappa shape index (κ3) is 2.01. The van der Waals surface area contributed by atoms with E-state index >= 15 is 0 Å². The van der Waals surface area contributed by atoms with E-state index in [1.165, 1.54) is 11.8 Å². The van der Waals surface area contributed by atoms with Gasteiger partial charge in [-0.05, 0) is 25.1 Å². The van der Waals surface area contributed by atoms with Crippen LogP contribution in [0.2, 0.25) is 5.02 Å². The van der Waals surface area contributed by atoms with Crippen molar-refractivity contribution in [2.75, 3.05) is 0 Å². The first-order chi connectivity index (χ1) is 7.61. The van der Waals surface area contributed by atoms with E-state index in [9.17, 15) is 0 Å². The Morgan fingerprint density at radius 1 is 1.56 bits per heavy atom. The fourth-order valence-corrected chi connectivity index (χ4v) is 2.38. The fraction of sp³-hybridized carbons (Fsp3) is 0.273. The first-order valence-electron chi connectivity index (χ1n) is 4.80. The van der Waals surface area contributed by atoms with Gasteiger partial charge in [0.05, 0.1) is 22.4 Å². The second-order valence-corrected chi connectivity index (χ2v) is 5.22. The molecule has 5 heteroatoms. The van der Waals surface area contributed by atoms with Crippen molar-refractivity contribution in [1.82, 2.24) is 9.55 Å². The zero-order chi connectivity index (χ0) is 11.7. The molecule has 0 saturated heterocycles. The predicted molar refractivity (Wildman–Crippen MR) is 66.7 cm³/mol. The molecular formula is C11H10ClN3S. The van der Waals surface area contributed by atoms with Gasteiger partial charge in [-0.3, -0.25) is 0 Å². The van der Waals surface area contributed by atoms with Crippen LogP contribution < -0.4 is 0 Å². The number of thioether (sulfide) groups is 1. The van der Waals surface area contributed by atoms with Crippen LogP contribution in [0.15, 0.2) is 23.4 Å². The van der Waals surface area contributed by atoms with E-state index < -0.39 is 0 Å². The van der Waals surface area contributed by atoms with Crippen molar-refractivity contribution in [3.8, 4) is 6.07 Å². The summed E-state index contributed by atoms with van der Waals surface area (Å²) in [5, 5.41) is 10.2. The Kier molecular flexibility index (Phi) is 3.08. The Hall–Kier alpha value is -1.18. The third-order valence-electron chi connectivity index (χ3n) is 2.27. The highest BCUT2D eigenvalue weighted by atomic mass is 35.5. The van der Waals surface area contributed by atoms with Crippen molar-refractivity contribution in [2.45, 2.75) is 17.3 Å². The highest BCUT2D eigenvalue weighted by molar-refractivity contribution is 8.00. The van der Waals surface area contributed by atoms with Gasteiger partial charge in [0, 0.05) is 12.1 Å². The number of rotatable bonds is 2. The Bertz CT molecular complexity index is 570. The summed E-state index contributed by atoms with van der Waals surface area (Å²) in [6, 6.07) is 7.79. The van der Waals surface area contributed by atoms with Crippen LogP contribution in [0.4, 0.5) is 0 Å². The van der Waals surface area contributed by atoms with Crippen molar-refractivity contribution < 1.29 is 0 Å². The summed E-state index contributed by atoms with van der Waals surface area (Å²) < 4.78 is 1.98. The molecule has 1 atom stereocenters. The average Bonchev–Trinajstić information content (AvgIpc) is 2.55. The second-order valence-electron chi connectivity index (χ2n) is 3.48. The summed E-state index contributed by atoms with van der Waals surface area (Å²) in [5.41, 5.74) is 1.89. The van der Waals surface area contributed by atoms with Crippen LogP contribution >= 0.6 is 23.4 Å². The van der Waals surface area contributed by atoms with Gasteiger partial charge in [0.1, 0.15) is 0 Å². The normalized spacial score (nSPS) is 12.6. The monoisotopic (exact) mass is 251 g/mol. The van der Waals surface area contributed by atoms with Crippen LogP contribution in [0, 0.1) is 11.3 Å². The molecule has 0 saturated carbocycles. The lowest BCUT2D eigenvalue weighted by Crippen LogP contribution is -1.96. The van der Waals surface area contributed by atoms with E-state index in [4.69, 9.17) is 16.9 Å². The summed E-state index contributed by atoms with van der Waals surface area (Å²) >= 11 is 7.35. The van der Waals surface area contributed by atoms with E-state index in [0.29, 0.717) is 5.02 Å². The minimum absolute atomic E-state index is 0.106. The molecule has 2 rings (SSSR count). The summed E-state index contributed by atoms with van der Waals surface area (Å²) in [7, 11) is 1.94. The predicted octanol–water partition coefficient (Wildman–Crippen LogP) is 3.23. The number of imidazole rings is 1. The Balaban J connectivity index is 2.48. The molecule has 2 aromatic rings. The van der Waals surface area contributed by atoms with E-state index in [1.54, 1.807) is 0 Å². The molecule has 3 nitrogen and oxygen atoms in total. The van der Waals surface area contributed by atoms with Crippen LogP contribution in [-0.2, 0) is 7.05 Å². The van der Waals surface area contributed by atoms with Crippen molar-refractivity contribution in [3.63, 3.8) is 0 Å². The molecule has 0 aliphatic carbocycles. The molecule has 0 spiro atoms. The summed E-state index contributed by atoms with van der Waals surface area (Å²) in [5.74, 6) is 0. The minimum Gasteiger partial charge on any atom is -0.322 e. The Labute approximate surface area is 103 Å². The topological polar surface area (TPSA) is 41.6 Å². The van der Waals surface area contributed by atoms with E-state index in [-0.39, 0.29) is 5.25 Å². The zero-order valence-electron chi connectivity index (χ0n) is 8.94. The molecular weight excluding hydrogens is 242 g/mol. The molecule has 82 valence electrons. The molecule has 1 heterocycles. The fourth-order valence-electron chi connectivity index (χ4n) is 1.44. The number of hydrogen-bond donors (Lipinski definition) is 0. The van der Waals surface area contributed by atoms with Gasteiger partial charge in [0.15, 0.2) is 5.16 Å². The summed E-state index contributed by atoms with van der Waals surface area (Å²) in [4.78, 5) is 4.45. The lowest BCUT2D eigenvalue weighted by molar-refractivity contribution is 0.813. The first-order valence-corrected chi connectivity index (χ1v) is 6.06. The van der Waals surface area contributed by atoms with Crippen LogP contribution in [-0.4, -0.2) is 14.8 Å². The van der Waals surface area contributed by atoms with Gasteiger partial charge in [-0.25, -0.2) is 4.98 Å². The molecule has 0 fully saturated rings. The molecule has 0 aliphatic heterocycles. The third-order valence-corrected chi connectivity index (χ3v) is 3.54. The molecule has 0 N–H and O–H groups in total. The second kappa shape index (κ2) is 4.36. The maximum Gasteiger partial charge on any atom is 0.170 e. The largest absolute Gasteiger partial charge is 0.322 e. The Morgan fingerprint density at radius 3 is 3.00 bits per heavy atom.